The number of allylic oxidation sites excluding steroid dienone is 4. The van der Waals surface area contributed by atoms with Crippen LogP contribution in [0.5, 0.6) is 0 Å². The van der Waals surface area contributed by atoms with Crippen LogP contribution in [0.15, 0.2) is 122 Å². The first kappa shape index (κ1) is 160. The molecule has 150 heavy (non-hydrogen) atoms. The van der Waals surface area contributed by atoms with Crippen molar-refractivity contribution < 1.29 is 232 Å². The SMILES string of the molecule is C=C1C=CC(=O)N1CCCCCNC(=O)O.C=C1C=CC(=O)N1CCCCCNC(=O)O.C=C1C=CC(=O)N1CCCNC(=O)CCC(=O)O.C=C1C=CC(=O)N1CCCNC(=O)CCC(=O)O.CO.CO.O=C(O)C(=O)O.O=C(O)C(=O)O.O=C(O)NCCCCCN1C(=O)C=CC1=O.O=C(O)NCCCCCN1C(=O)C=CC1=O.[CH2-][C@@H]1CCCC[C@H]1[NH-].[CH2-][C@@H]1CCCC[C@H]1[NH-].[CH2-][C@@H]1CCCC[C@H]1[NH-].[Cl][Pt+2][Cl].[Cl][Pt+2][Cl].[NH2-].[NH2-].[Pt+2].[Pt+2]. The number of aliphatic carboxylic acids is 6. The van der Waals surface area contributed by atoms with Gasteiger partial charge in [-0.3, -0.25) is 67.3 Å². The molecule has 0 radical (unpaired) electrons. The van der Waals surface area contributed by atoms with E-state index in [0.29, 0.717) is 146 Å². The third kappa shape index (κ3) is 90.7. The Balaban J connectivity index is -0.000000180. The van der Waals surface area contributed by atoms with Gasteiger partial charge in [0.25, 0.3) is 47.3 Å². The quantitative estimate of drug-likeness (QED) is 0.0118. The van der Waals surface area contributed by atoms with Gasteiger partial charge >= 0.3 is 173 Å². The number of carboxylic acid groups (broad SMARTS) is 10. The Morgan fingerprint density at radius 3 is 0.613 bits per heavy atom. The fraction of sp³-hybridized carbons (Fsp3) is 0.538. The van der Waals surface area contributed by atoms with Crippen LogP contribution in [0.2, 0.25) is 0 Å². The molecule has 6 aliphatic heterocycles. The van der Waals surface area contributed by atoms with E-state index >= 15 is 0 Å². The predicted molar refractivity (Wildman–Crippen MR) is 547 cm³/mol. The van der Waals surface area contributed by atoms with E-state index in [1.54, 1.807) is 34.1 Å². The summed E-state index contributed by atoms with van der Waals surface area (Å²) in [5, 5.41) is 108. The molecule has 3 aliphatic carbocycles. The molecule has 3 fully saturated rings. The number of carboxylic acids is 6. The Bertz CT molecular complexity index is 3710. The minimum atomic E-state index is -1.82. The monoisotopic (exact) mass is 2930 g/mol. The molecule has 0 bridgehead atoms. The van der Waals surface area contributed by atoms with E-state index in [2.05, 4.69) is 79.0 Å². The van der Waals surface area contributed by atoms with Crippen LogP contribution in [0.4, 0.5) is 19.2 Å². The van der Waals surface area contributed by atoms with Crippen molar-refractivity contribution in [3.8, 4) is 0 Å². The Morgan fingerprint density at radius 2 is 0.460 bits per heavy atom. The number of hydrogen-bond acceptors (Lipinski definition) is 22. The fourth-order valence-electron chi connectivity index (χ4n) is 12.5. The summed E-state index contributed by atoms with van der Waals surface area (Å²) in [4.78, 5) is 218. The number of hydrogen-bond donors (Lipinski definition) is 18. The zero-order valence-corrected chi connectivity index (χ0v) is 95.8. The van der Waals surface area contributed by atoms with Gasteiger partial charge in [-0.05, 0) is 114 Å². The molecule has 6 atom stereocenters. The number of nitrogens with zero attached hydrogens (tertiary/aromatic N) is 6. The molecular weight excluding hydrogens is 2790 g/mol. The molecule has 0 spiro atoms. The van der Waals surface area contributed by atoms with Crippen LogP contribution in [-0.2, 0) is 152 Å². The first-order valence-corrected chi connectivity index (χ1v) is 57.0. The largest absolute Gasteiger partial charge is 2.00 e. The molecule has 6 heterocycles. The third-order valence-electron chi connectivity index (χ3n) is 20.3. The molecule has 57 heteroatoms. The van der Waals surface area contributed by atoms with E-state index in [-0.39, 0.29) is 157 Å². The van der Waals surface area contributed by atoms with Crippen LogP contribution in [0.1, 0.15) is 193 Å². The molecule has 9 rings (SSSR count). The van der Waals surface area contributed by atoms with E-state index in [9.17, 15) is 76.7 Å². The first-order chi connectivity index (χ1) is 69.0. The molecular formula is C93H147Cl4N17O32Pt4. The maximum Gasteiger partial charge on any atom is 2.00 e. The van der Waals surface area contributed by atoms with Crippen molar-refractivity contribution in [3.05, 3.63) is 172 Å². The van der Waals surface area contributed by atoms with Gasteiger partial charge in [-0.2, -0.15) is 35.9 Å². The maximum atomic E-state index is 11.3. The minimum Gasteiger partial charge on any atom is -0.693 e. The summed E-state index contributed by atoms with van der Waals surface area (Å²) in [5.74, 6) is -9.91. The molecule has 9 aliphatic rings. The number of carbonyl (C=O) groups is 20. The average molecular weight is 2940 g/mol. The van der Waals surface area contributed by atoms with Gasteiger partial charge in [0, 0.05) is 177 Å². The summed E-state index contributed by atoms with van der Waals surface area (Å²) in [7, 11) is 21.5. The number of amides is 14. The number of nitrogens with one attached hydrogen (secondary N) is 9. The maximum absolute atomic E-state index is 11.3. The number of imide groups is 2. The molecule has 25 N–H and O–H groups in total. The number of aliphatic hydroxyl groups excluding tert-OH is 2. The Morgan fingerprint density at radius 1 is 0.293 bits per heavy atom. The van der Waals surface area contributed by atoms with Crippen LogP contribution in [0.3, 0.4) is 0 Å². The summed E-state index contributed by atoms with van der Waals surface area (Å²) in [6.07, 6.45) is 38.2. The standard InChI is InChI=1S/2C12H16N2O4.2C11H16N2O3.2C10H14N2O4.3C7H13N.2C2H2O4.2CH4O.4ClH.2H2N.4Pt/c2*1-9-3-5-11(16)14(9)8-2-7-13-10(15)4-6-12(17)18;2*1-9-5-6-10(14)13(9)8-4-2-3-7-12-11(15)16;2*13-8-4-5-9(14)12(8)7-3-1-2-6-11-10(15)16;3*1-6-4-2-3-5-7(6)8;2*3-1(4)2(5)6;2*1-2;;;;;;;;;;/h2*3,5H,1-2,4,6-8H2,(H,13,15)(H,17,18);2*5-6,12H,1-4,7-8H2,(H,15,16);2*4-5,11H,1-3,6-7H2,(H,15,16);3*6-8H,1-5H2;2*(H,3,4)(H,5,6);2*2H,1H3;4*1H;2*1H2;;;;/q;;;;;;3*-2;;;;;;;;;2*-1;2*+2;2*+4/p-4/t;;;;;;3*6-,7-;;;;;;;;;;;;;;/m......111............../s1. The van der Waals surface area contributed by atoms with Crippen molar-refractivity contribution in [2.45, 2.75) is 211 Å². The molecule has 49 nitrogen and oxygen atoms in total. The van der Waals surface area contributed by atoms with Crippen LogP contribution < -0.4 is 31.9 Å². The van der Waals surface area contributed by atoms with E-state index < -0.39 is 93.2 Å². The molecule has 0 unspecified atom stereocenters. The van der Waals surface area contributed by atoms with Gasteiger partial charge in [0.15, 0.2) is 0 Å². The number of aliphatic hydroxyl groups is 2. The van der Waals surface area contributed by atoms with Gasteiger partial charge in [-0.25, -0.2) is 38.4 Å². The average Bonchev–Trinajstić information content (AvgIpc) is 1.80. The van der Waals surface area contributed by atoms with Crippen molar-refractivity contribution in [2.24, 2.45) is 17.8 Å². The second-order valence-electron chi connectivity index (χ2n) is 31.2. The van der Waals surface area contributed by atoms with Crippen molar-refractivity contribution in [3.63, 3.8) is 0 Å². The summed E-state index contributed by atoms with van der Waals surface area (Å²) >= 11 is -0.944. The number of unbranched alkanes of at least 4 members (excludes halogenated alkanes) is 8. The Labute approximate surface area is 936 Å². The smallest absolute Gasteiger partial charge is 0.693 e. The molecule has 864 valence electrons. The van der Waals surface area contributed by atoms with Crippen molar-refractivity contribution in [1.29, 1.82) is 0 Å². The van der Waals surface area contributed by atoms with Gasteiger partial charge in [-0.1, -0.05) is 103 Å². The van der Waals surface area contributed by atoms with Gasteiger partial charge < -0.3 is 163 Å². The number of carbonyl (C=O) groups excluding carboxylic acids is 10. The fourth-order valence-corrected chi connectivity index (χ4v) is 12.5. The number of rotatable bonds is 38. The van der Waals surface area contributed by atoms with Gasteiger partial charge in [0.05, 0.1) is 12.8 Å². The first-order valence-electron chi connectivity index (χ1n) is 45.7. The topological polar surface area (TPSA) is 814 Å². The molecule has 0 saturated heterocycles. The van der Waals surface area contributed by atoms with E-state index in [1.165, 1.54) is 126 Å². The summed E-state index contributed by atoms with van der Waals surface area (Å²) in [6, 6.07) is 0.427. The predicted octanol–water partition coefficient (Wildman–Crippen LogP) is 12.9. The number of halogens is 4. The summed E-state index contributed by atoms with van der Waals surface area (Å²) in [5.41, 5.74) is 25.0. The summed E-state index contributed by atoms with van der Waals surface area (Å²) in [6.45, 7) is 32.2. The van der Waals surface area contributed by atoms with Crippen molar-refractivity contribution in [1.82, 2.24) is 61.3 Å². The number of nitrogens with two attached hydrogens (primary N) is 2. The molecule has 14 amide bonds. The second kappa shape index (κ2) is 103. The van der Waals surface area contributed by atoms with Crippen LogP contribution >= 0.6 is 37.7 Å². The van der Waals surface area contributed by atoms with Crippen LogP contribution in [0, 0.1) is 38.5 Å². The second-order valence-corrected chi connectivity index (χ2v) is 37.8. The zero-order valence-electron chi connectivity index (χ0n) is 83.7. The molecule has 3 saturated carbocycles. The third-order valence-corrected chi connectivity index (χ3v) is 20.3. The minimum absolute atomic E-state index is 0. The van der Waals surface area contributed by atoms with Gasteiger partial charge in [0.1, 0.15) is 0 Å². The zero-order chi connectivity index (χ0) is 113. The van der Waals surface area contributed by atoms with Crippen molar-refractivity contribution >= 4 is 157 Å². The Hall–Kier alpha value is -9.97. The van der Waals surface area contributed by atoms with Gasteiger partial charge in [-0.15, -0.1) is 0 Å². The Kier molecular flexibility index (Phi) is 110. The van der Waals surface area contributed by atoms with Crippen LogP contribution in [0.25, 0.3) is 29.5 Å². The summed E-state index contributed by atoms with van der Waals surface area (Å²) < 4.78 is 0. The molecule has 0 aromatic rings. The van der Waals surface area contributed by atoms with E-state index in [4.69, 9.17) is 135 Å². The molecule has 0 aromatic heterocycles. The normalized spacial score (nSPS) is 16.9. The van der Waals surface area contributed by atoms with E-state index in [0.717, 1.165) is 96.2 Å². The van der Waals surface area contributed by atoms with Crippen molar-refractivity contribution in [2.75, 3.05) is 92.8 Å². The van der Waals surface area contributed by atoms with Crippen LogP contribution in [-0.4, -0.2) is 321 Å². The molecule has 0 aromatic carbocycles. The van der Waals surface area contributed by atoms with Gasteiger partial charge in [0.2, 0.25) is 11.8 Å². The van der Waals surface area contributed by atoms with E-state index in [1.807, 2.05) is 0 Å².